The SMILES string of the molecule is CCc1c[nH]c(C)[n+]1C.CCc1n(CC)cc[n+]1C. The number of imidazole rings is 2. The fourth-order valence-corrected chi connectivity index (χ4v) is 2.23. The van der Waals surface area contributed by atoms with Crippen molar-refractivity contribution >= 4 is 0 Å². The summed E-state index contributed by atoms with van der Waals surface area (Å²) in [5, 5.41) is 0. The van der Waals surface area contributed by atoms with E-state index in [0.717, 1.165) is 19.4 Å². The Labute approximate surface area is 116 Å². The smallest absolute Gasteiger partial charge is 0.248 e. The number of hydrogen-bond donors (Lipinski definition) is 1. The van der Waals surface area contributed by atoms with Crippen molar-refractivity contribution in [1.29, 1.82) is 0 Å². The fraction of sp³-hybridized carbons (Fsp3) is 0.600. The minimum atomic E-state index is 1.07. The molecule has 0 spiro atoms. The van der Waals surface area contributed by atoms with E-state index >= 15 is 0 Å². The van der Waals surface area contributed by atoms with Crippen LogP contribution >= 0.6 is 0 Å². The minimum absolute atomic E-state index is 1.07. The molecule has 0 aliphatic carbocycles. The summed E-state index contributed by atoms with van der Waals surface area (Å²) in [4.78, 5) is 3.15. The third-order valence-electron chi connectivity index (χ3n) is 3.61. The summed E-state index contributed by atoms with van der Waals surface area (Å²) in [6, 6.07) is 0. The van der Waals surface area contributed by atoms with Gasteiger partial charge in [-0.3, -0.25) is 0 Å². The van der Waals surface area contributed by atoms with Crippen molar-refractivity contribution in [3.05, 3.63) is 35.9 Å². The maximum atomic E-state index is 3.15. The summed E-state index contributed by atoms with van der Waals surface area (Å²) in [5.74, 6) is 2.61. The van der Waals surface area contributed by atoms with Crippen LogP contribution < -0.4 is 9.13 Å². The molecule has 4 nitrogen and oxygen atoms in total. The van der Waals surface area contributed by atoms with E-state index in [-0.39, 0.29) is 0 Å². The van der Waals surface area contributed by atoms with E-state index in [1.165, 1.54) is 17.3 Å². The first-order chi connectivity index (χ1) is 9.04. The van der Waals surface area contributed by atoms with Gasteiger partial charge in [-0.15, -0.1) is 0 Å². The Morgan fingerprint density at radius 2 is 1.84 bits per heavy atom. The van der Waals surface area contributed by atoms with Crippen molar-refractivity contribution in [3.8, 4) is 0 Å². The molecule has 0 aromatic carbocycles. The topological polar surface area (TPSA) is 28.5 Å². The quantitative estimate of drug-likeness (QED) is 0.816. The van der Waals surface area contributed by atoms with E-state index < -0.39 is 0 Å². The standard InChI is InChI=1S/C8H15N2.C7H12N2/c1-4-8-9(3)6-7-10(8)5-2;1-4-7-5-8-6(2)9(7)3/h6-7H,4-5H2,1-3H3;5H,4H2,1-3H3/q+1;/p+1. The molecule has 2 rings (SSSR count). The summed E-state index contributed by atoms with van der Waals surface area (Å²) < 4.78 is 6.60. The highest BCUT2D eigenvalue weighted by Gasteiger charge is 2.08. The molecule has 0 radical (unpaired) electrons. The van der Waals surface area contributed by atoms with Gasteiger partial charge in [-0.25, -0.2) is 18.7 Å². The van der Waals surface area contributed by atoms with E-state index in [1.54, 1.807) is 0 Å². The first-order valence-electron chi connectivity index (χ1n) is 7.11. The van der Waals surface area contributed by atoms with Gasteiger partial charge in [0.15, 0.2) is 0 Å². The molecule has 2 aromatic heterocycles. The zero-order valence-electron chi connectivity index (χ0n) is 13.2. The molecule has 0 amide bonds. The average Bonchev–Trinajstić information content (AvgIpc) is 2.94. The van der Waals surface area contributed by atoms with Crippen LogP contribution in [0.15, 0.2) is 18.6 Å². The second kappa shape index (κ2) is 7.12. The average molecular weight is 264 g/mol. The van der Waals surface area contributed by atoms with E-state index in [0.29, 0.717) is 0 Å². The Morgan fingerprint density at radius 1 is 1.16 bits per heavy atom. The van der Waals surface area contributed by atoms with Crippen LogP contribution in [0.3, 0.4) is 0 Å². The lowest BCUT2D eigenvalue weighted by molar-refractivity contribution is -0.683. The molecule has 4 heteroatoms. The van der Waals surface area contributed by atoms with Crippen molar-refractivity contribution < 1.29 is 9.13 Å². The maximum Gasteiger partial charge on any atom is 0.255 e. The number of nitrogens with zero attached hydrogens (tertiary/aromatic N) is 3. The third kappa shape index (κ3) is 3.69. The zero-order chi connectivity index (χ0) is 14.4. The van der Waals surface area contributed by atoms with Gasteiger partial charge >= 0.3 is 0 Å². The summed E-state index contributed by atoms with van der Waals surface area (Å²) >= 11 is 0. The van der Waals surface area contributed by atoms with E-state index in [2.05, 4.69) is 79.1 Å². The molecule has 0 atom stereocenters. The number of H-pyrrole nitrogens is 1. The van der Waals surface area contributed by atoms with Crippen molar-refractivity contribution in [3.63, 3.8) is 0 Å². The van der Waals surface area contributed by atoms with Gasteiger partial charge in [-0.1, -0.05) is 13.8 Å². The van der Waals surface area contributed by atoms with Gasteiger partial charge in [0, 0.05) is 19.8 Å². The molecule has 2 heterocycles. The largest absolute Gasteiger partial charge is 0.255 e. The summed E-state index contributed by atoms with van der Waals surface area (Å²) in [7, 11) is 4.16. The molecule has 0 aliphatic rings. The Kier molecular flexibility index (Phi) is 5.80. The molecule has 0 unspecified atom stereocenters. The Morgan fingerprint density at radius 3 is 2.16 bits per heavy atom. The van der Waals surface area contributed by atoms with Crippen LogP contribution in [0, 0.1) is 6.92 Å². The van der Waals surface area contributed by atoms with Gasteiger partial charge < -0.3 is 0 Å². The Bertz CT molecular complexity index is 508. The molecule has 0 saturated heterocycles. The number of aromatic amines is 1. The van der Waals surface area contributed by atoms with E-state index in [9.17, 15) is 0 Å². The summed E-state index contributed by atoms with van der Waals surface area (Å²) in [6.07, 6.45) is 8.48. The molecule has 1 N–H and O–H groups in total. The minimum Gasteiger partial charge on any atom is -0.248 e. The van der Waals surface area contributed by atoms with Gasteiger partial charge in [-0.2, -0.15) is 0 Å². The first kappa shape index (κ1) is 15.5. The van der Waals surface area contributed by atoms with Crippen molar-refractivity contribution in [2.45, 2.75) is 47.1 Å². The van der Waals surface area contributed by atoms with Crippen LogP contribution in [0.4, 0.5) is 0 Å². The van der Waals surface area contributed by atoms with E-state index in [4.69, 9.17) is 0 Å². The Hall–Kier alpha value is -1.58. The molecule has 0 aliphatic heterocycles. The van der Waals surface area contributed by atoms with Gasteiger partial charge in [0.2, 0.25) is 0 Å². The number of hydrogen-bond acceptors (Lipinski definition) is 0. The molecule has 106 valence electrons. The van der Waals surface area contributed by atoms with Crippen LogP contribution in [-0.4, -0.2) is 9.55 Å². The lowest BCUT2D eigenvalue weighted by atomic mass is 10.4. The summed E-state index contributed by atoms with van der Waals surface area (Å²) in [6.45, 7) is 9.65. The number of aromatic nitrogens is 4. The number of rotatable bonds is 3. The van der Waals surface area contributed by atoms with Gasteiger partial charge in [0.1, 0.15) is 24.3 Å². The van der Waals surface area contributed by atoms with Crippen molar-refractivity contribution in [1.82, 2.24) is 9.55 Å². The van der Waals surface area contributed by atoms with Crippen LogP contribution in [0.5, 0.6) is 0 Å². The predicted molar refractivity (Wildman–Crippen MR) is 76.7 cm³/mol. The third-order valence-corrected chi connectivity index (χ3v) is 3.61. The summed E-state index contributed by atoms with van der Waals surface area (Å²) in [5.41, 5.74) is 1.35. The number of aryl methyl sites for hydroxylation is 4. The molecular formula is C15H28N4+2. The lowest BCUT2D eigenvalue weighted by Gasteiger charge is -1.94. The Balaban J connectivity index is 0.000000191. The zero-order valence-corrected chi connectivity index (χ0v) is 13.2. The van der Waals surface area contributed by atoms with Crippen LogP contribution in [0.25, 0.3) is 0 Å². The first-order valence-corrected chi connectivity index (χ1v) is 7.11. The van der Waals surface area contributed by atoms with Gasteiger partial charge in [0.25, 0.3) is 11.6 Å². The highest BCUT2D eigenvalue weighted by Crippen LogP contribution is 1.94. The molecule has 0 fully saturated rings. The second-order valence-corrected chi connectivity index (χ2v) is 4.74. The van der Waals surface area contributed by atoms with Crippen molar-refractivity contribution in [2.24, 2.45) is 14.1 Å². The maximum absolute atomic E-state index is 3.15. The molecule has 2 aromatic rings. The predicted octanol–water partition coefficient (Wildman–Crippen LogP) is 1.60. The van der Waals surface area contributed by atoms with Crippen LogP contribution in [0.2, 0.25) is 0 Å². The van der Waals surface area contributed by atoms with Gasteiger partial charge in [0.05, 0.1) is 20.6 Å². The normalized spacial score (nSPS) is 10.2. The molecule has 0 bridgehead atoms. The molecule has 19 heavy (non-hydrogen) atoms. The molecular weight excluding hydrogens is 236 g/mol. The van der Waals surface area contributed by atoms with Crippen LogP contribution in [0.1, 0.15) is 38.1 Å². The van der Waals surface area contributed by atoms with Gasteiger partial charge in [-0.05, 0) is 6.92 Å². The fourth-order valence-electron chi connectivity index (χ4n) is 2.23. The van der Waals surface area contributed by atoms with E-state index in [1.807, 2.05) is 0 Å². The lowest BCUT2D eigenvalue weighted by Crippen LogP contribution is -2.33. The monoisotopic (exact) mass is 264 g/mol. The van der Waals surface area contributed by atoms with Crippen LogP contribution in [-0.2, 0) is 33.5 Å². The number of nitrogens with one attached hydrogen (secondary N) is 1. The van der Waals surface area contributed by atoms with Crippen molar-refractivity contribution in [2.75, 3.05) is 0 Å². The highest BCUT2D eigenvalue weighted by molar-refractivity contribution is 4.88. The highest BCUT2D eigenvalue weighted by atomic mass is 15.1. The second-order valence-electron chi connectivity index (χ2n) is 4.74. The molecule has 0 saturated carbocycles.